The number of fused-ring (bicyclic) bond motifs is 1. The van der Waals surface area contributed by atoms with E-state index in [1.807, 2.05) is 10.8 Å². The van der Waals surface area contributed by atoms with Crippen LogP contribution in [-0.2, 0) is 16.6 Å². The zero-order chi connectivity index (χ0) is 22.2. The number of rotatable bonds is 6. The van der Waals surface area contributed by atoms with Gasteiger partial charge in [-0.25, -0.2) is 9.97 Å². The van der Waals surface area contributed by atoms with Gasteiger partial charge in [0.25, 0.3) is 0 Å². The van der Waals surface area contributed by atoms with Gasteiger partial charge < -0.3 is 25.3 Å². The van der Waals surface area contributed by atoms with Crippen molar-refractivity contribution in [2.24, 2.45) is 0 Å². The lowest BCUT2D eigenvalue weighted by Crippen LogP contribution is -2.24. The Balaban J connectivity index is 1.52. The molecule has 8 heteroatoms. The fourth-order valence-electron chi connectivity index (χ4n) is 3.98. The highest BCUT2D eigenvalue weighted by atomic mass is 32.2. The van der Waals surface area contributed by atoms with Crippen LogP contribution in [0.3, 0.4) is 0 Å². The van der Waals surface area contributed by atoms with Crippen LogP contribution in [0.1, 0.15) is 44.5 Å². The Morgan fingerprint density at radius 2 is 1.97 bits per heavy atom. The average molecular weight is 443 g/mol. The minimum absolute atomic E-state index is 0.146. The highest BCUT2D eigenvalue weighted by Gasteiger charge is 2.35. The third-order valence-corrected chi connectivity index (χ3v) is 6.79. The molecule has 0 amide bonds. The number of aromatic nitrogens is 3. The molecule has 3 atom stereocenters. The third-order valence-electron chi connectivity index (χ3n) is 5.77. The van der Waals surface area contributed by atoms with E-state index in [1.165, 1.54) is 16.8 Å². The van der Waals surface area contributed by atoms with Crippen molar-refractivity contribution in [2.45, 2.75) is 62.4 Å². The van der Waals surface area contributed by atoms with E-state index in [9.17, 15) is 10.2 Å². The number of nitrogen functional groups attached to an aromatic ring is 1. The van der Waals surface area contributed by atoms with Crippen molar-refractivity contribution in [1.29, 1.82) is 0 Å². The summed E-state index contributed by atoms with van der Waals surface area (Å²) in [5.74, 6) is 1.32. The Kier molecular flexibility index (Phi) is 6.25. The predicted octanol–water partition coefficient (Wildman–Crippen LogP) is 3.29. The maximum Gasteiger partial charge on any atom is 0.147 e. The summed E-state index contributed by atoms with van der Waals surface area (Å²) in [5, 5.41) is 20.4. The predicted molar refractivity (Wildman–Crippen MR) is 123 cm³/mol. The number of benzene rings is 1. The Hall–Kier alpha value is -2.13. The summed E-state index contributed by atoms with van der Waals surface area (Å²) in [6, 6.07) is 8.74. The van der Waals surface area contributed by atoms with Gasteiger partial charge in [-0.2, -0.15) is 0 Å². The van der Waals surface area contributed by atoms with E-state index in [1.54, 1.807) is 11.8 Å². The molecule has 0 aliphatic carbocycles. The molecule has 1 aliphatic rings. The monoisotopic (exact) mass is 442 g/mol. The van der Waals surface area contributed by atoms with Gasteiger partial charge >= 0.3 is 0 Å². The van der Waals surface area contributed by atoms with Gasteiger partial charge in [-0.15, -0.1) is 11.8 Å². The van der Waals surface area contributed by atoms with Crippen LogP contribution in [0.5, 0.6) is 0 Å². The summed E-state index contributed by atoms with van der Waals surface area (Å²) >= 11 is 1.80. The molecule has 1 aromatic carbocycles. The molecule has 4 rings (SSSR count). The Labute approximate surface area is 186 Å². The molecule has 0 bridgehead atoms. The lowest BCUT2D eigenvalue weighted by molar-refractivity contribution is -0.0430. The standard InChI is InChI=1S/C23H30N4O3S/c1-23(2,3)15-4-6-16(7-5-15)31-9-8-14-11-27(19-10-17(29)18(12-28)30-19)22-20(14)21(24)25-13-26-22/h4-7,11,13,17-19,28-29H,8-10,12H2,1-3H3,(H2,24,25,26)/t17-,18+,19+/m0/s1. The normalized spacial score (nSPS) is 21.8. The van der Waals surface area contributed by atoms with Gasteiger partial charge in [-0.3, -0.25) is 0 Å². The van der Waals surface area contributed by atoms with Crippen molar-refractivity contribution in [3.8, 4) is 0 Å². The maximum atomic E-state index is 10.1. The molecular formula is C23H30N4O3S. The van der Waals surface area contributed by atoms with Gasteiger partial charge in [0.05, 0.1) is 18.1 Å². The van der Waals surface area contributed by atoms with Gasteiger partial charge in [0, 0.05) is 23.3 Å². The summed E-state index contributed by atoms with van der Waals surface area (Å²) in [5.41, 5.74) is 9.40. The van der Waals surface area contributed by atoms with Gasteiger partial charge in [0.2, 0.25) is 0 Å². The van der Waals surface area contributed by atoms with E-state index in [-0.39, 0.29) is 12.0 Å². The van der Waals surface area contributed by atoms with Crippen molar-refractivity contribution < 1.29 is 14.9 Å². The molecule has 0 radical (unpaired) electrons. The summed E-state index contributed by atoms with van der Waals surface area (Å²) in [6.07, 6.45) is 2.95. The number of hydrogen-bond donors (Lipinski definition) is 3. The number of anilines is 1. The van der Waals surface area contributed by atoms with Crippen molar-refractivity contribution in [3.63, 3.8) is 0 Å². The first kappa shape index (κ1) is 22.1. The molecule has 3 aromatic rings. The smallest absolute Gasteiger partial charge is 0.147 e. The van der Waals surface area contributed by atoms with Crippen LogP contribution in [0, 0.1) is 0 Å². The van der Waals surface area contributed by atoms with Crippen LogP contribution in [0.4, 0.5) is 5.82 Å². The number of nitrogens with two attached hydrogens (primary N) is 1. The second-order valence-electron chi connectivity index (χ2n) is 9.01. The van der Waals surface area contributed by atoms with E-state index < -0.39 is 18.4 Å². The Bertz CT molecular complexity index is 1050. The lowest BCUT2D eigenvalue weighted by Gasteiger charge is -2.19. The first-order valence-corrected chi connectivity index (χ1v) is 11.5. The first-order valence-electron chi connectivity index (χ1n) is 10.6. The zero-order valence-electron chi connectivity index (χ0n) is 18.2. The van der Waals surface area contributed by atoms with Crippen LogP contribution in [0.2, 0.25) is 0 Å². The molecular weight excluding hydrogens is 412 g/mol. The minimum atomic E-state index is -0.707. The van der Waals surface area contributed by atoms with E-state index >= 15 is 0 Å². The summed E-state index contributed by atoms with van der Waals surface area (Å²) in [6.45, 7) is 6.43. The first-order chi connectivity index (χ1) is 14.8. The SMILES string of the molecule is CC(C)(C)c1ccc(SCCc2cn([C@H]3C[C@H](O)[C@@H](CO)O3)c3ncnc(N)c23)cc1. The number of ether oxygens (including phenoxy) is 1. The number of aliphatic hydroxyl groups is 2. The Morgan fingerprint density at radius 3 is 2.61 bits per heavy atom. The molecule has 1 saturated heterocycles. The molecule has 0 saturated carbocycles. The second kappa shape index (κ2) is 8.78. The van der Waals surface area contributed by atoms with Crippen molar-refractivity contribution in [2.75, 3.05) is 18.1 Å². The maximum absolute atomic E-state index is 10.1. The molecule has 1 fully saturated rings. The summed E-state index contributed by atoms with van der Waals surface area (Å²) in [7, 11) is 0. The Morgan fingerprint density at radius 1 is 1.23 bits per heavy atom. The van der Waals surface area contributed by atoms with E-state index in [4.69, 9.17) is 10.5 Å². The number of thioether (sulfide) groups is 1. The van der Waals surface area contributed by atoms with Crippen LogP contribution < -0.4 is 5.73 Å². The van der Waals surface area contributed by atoms with Crippen molar-refractivity contribution in [3.05, 3.63) is 47.9 Å². The number of hydrogen-bond acceptors (Lipinski definition) is 7. The van der Waals surface area contributed by atoms with E-state index in [2.05, 4.69) is 55.0 Å². The molecule has 0 unspecified atom stereocenters. The molecule has 4 N–H and O–H groups in total. The van der Waals surface area contributed by atoms with Crippen molar-refractivity contribution >= 4 is 28.6 Å². The highest BCUT2D eigenvalue weighted by molar-refractivity contribution is 7.99. The molecule has 166 valence electrons. The largest absolute Gasteiger partial charge is 0.394 e. The quantitative estimate of drug-likeness (QED) is 0.503. The van der Waals surface area contributed by atoms with Crippen molar-refractivity contribution in [1.82, 2.24) is 14.5 Å². The number of nitrogens with zero attached hydrogens (tertiary/aromatic N) is 3. The third kappa shape index (κ3) is 4.57. The van der Waals surface area contributed by atoms with Crippen LogP contribution in [0.15, 0.2) is 41.7 Å². The van der Waals surface area contributed by atoms with Gasteiger partial charge in [-0.05, 0) is 35.1 Å². The lowest BCUT2D eigenvalue weighted by atomic mass is 9.87. The summed E-state index contributed by atoms with van der Waals surface area (Å²) < 4.78 is 7.75. The van der Waals surface area contributed by atoms with E-state index in [0.717, 1.165) is 23.1 Å². The molecule has 31 heavy (non-hydrogen) atoms. The molecule has 3 heterocycles. The minimum Gasteiger partial charge on any atom is -0.394 e. The van der Waals surface area contributed by atoms with Crippen LogP contribution in [0.25, 0.3) is 11.0 Å². The zero-order valence-corrected chi connectivity index (χ0v) is 19.0. The topological polar surface area (TPSA) is 106 Å². The van der Waals surface area contributed by atoms with E-state index in [0.29, 0.717) is 17.9 Å². The fourth-order valence-corrected chi connectivity index (χ4v) is 4.86. The van der Waals surface area contributed by atoms with Gasteiger partial charge in [0.15, 0.2) is 0 Å². The number of aryl methyl sites for hydroxylation is 1. The van der Waals surface area contributed by atoms with Crippen LogP contribution in [-0.4, -0.2) is 49.3 Å². The molecule has 2 aromatic heterocycles. The fraction of sp³-hybridized carbons (Fsp3) is 0.478. The highest BCUT2D eigenvalue weighted by Crippen LogP contribution is 2.35. The molecule has 0 spiro atoms. The molecule has 7 nitrogen and oxygen atoms in total. The van der Waals surface area contributed by atoms with Gasteiger partial charge in [0.1, 0.15) is 30.1 Å². The number of aliphatic hydroxyl groups excluding tert-OH is 2. The average Bonchev–Trinajstić information content (AvgIpc) is 3.29. The summed E-state index contributed by atoms with van der Waals surface area (Å²) in [4.78, 5) is 9.82. The van der Waals surface area contributed by atoms with Gasteiger partial charge in [-0.1, -0.05) is 32.9 Å². The molecule has 1 aliphatic heterocycles. The van der Waals surface area contributed by atoms with Crippen LogP contribution >= 0.6 is 11.8 Å². The second-order valence-corrected chi connectivity index (χ2v) is 10.2.